The molecule has 1 aliphatic rings. The Hall–Kier alpha value is -3.27. The van der Waals surface area contributed by atoms with Gasteiger partial charge in [-0.1, -0.05) is 23.9 Å². The molecule has 0 saturated heterocycles. The highest BCUT2D eigenvalue weighted by molar-refractivity contribution is 7.99. The molecule has 1 atom stereocenters. The summed E-state index contributed by atoms with van der Waals surface area (Å²) < 4.78 is 15.1. The number of ether oxygens (including phenoxy) is 2. The number of amides is 2. The summed E-state index contributed by atoms with van der Waals surface area (Å²) in [6.45, 7) is 0.319. The van der Waals surface area contributed by atoms with Crippen LogP contribution in [0.5, 0.6) is 11.5 Å². The van der Waals surface area contributed by atoms with Gasteiger partial charge in [-0.2, -0.15) is 0 Å². The number of thioether (sulfide) groups is 1. The number of rotatable bonds is 5. The molecule has 0 fully saturated rings. The van der Waals surface area contributed by atoms with Crippen LogP contribution in [0.15, 0.2) is 47.8 Å². The van der Waals surface area contributed by atoms with Crippen molar-refractivity contribution in [3.8, 4) is 11.5 Å². The number of carbonyl (C=O) groups excluding carboxylic acids is 2. The summed E-state index contributed by atoms with van der Waals surface area (Å²) in [5.41, 5.74) is 0.416. The maximum Gasteiger partial charge on any atom is 0.274 e. The fraction of sp³-hybridized carbons (Fsp3) is 0.263. The van der Waals surface area contributed by atoms with Crippen molar-refractivity contribution in [2.75, 3.05) is 12.4 Å². The molecule has 2 aromatic heterocycles. The maximum atomic E-state index is 12.1. The van der Waals surface area contributed by atoms with Gasteiger partial charge in [-0.3, -0.25) is 14.9 Å². The molecule has 3 aromatic rings. The third-order valence-electron chi connectivity index (χ3n) is 4.43. The minimum Gasteiger partial charge on any atom is -0.485 e. The number of carbonyl (C=O) groups is 2. The zero-order valence-electron chi connectivity index (χ0n) is 15.9. The van der Waals surface area contributed by atoms with Crippen LogP contribution in [-0.2, 0) is 18.9 Å². The number of imide groups is 1. The van der Waals surface area contributed by atoms with E-state index in [2.05, 4.69) is 15.5 Å². The second kappa shape index (κ2) is 8.00. The van der Waals surface area contributed by atoms with Crippen LogP contribution in [0.4, 0.5) is 0 Å². The quantitative estimate of drug-likeness (QED) is 0.636. The van der Waals surface area contributed by atoms with E-state index in [1.165, 1.54) is 11.8 Å². The SMILES string of the molecule is Cn1cccc1C(=O)NC(=O)CSc1nnc([C@@H]2COc3ccccc3O2)n1C. The van der Waals surface area contributed by atoms with Crippen molar-refractivity contribution in [1.82, 2.24) is 24.6 Å². The minimum absolute atomic E-state index is 0.0347. The Morgan fingerprint density at radius 2 is 1.97 bits per heavy atom. The van der Waals surface area contributed by atoms with Crippen molar-refractivity contribution in [2.45, 2.75) is 11.3 Å². The second-order valence-electron chi connectivity index (χ2n) is 6.43. The van der Waals surface area contributed by atoms with Crippen LogP contribution < -0.4 is 14.8 Å². The molecule has 150 valence electrons. The van der Waals surface area contributed by atoms with E-state index in [0.717, 1.165) is 0 Å². The van der Waals surface area contributed by atoms with Crippen molar-refractivity contribution < 1.29 is 19.1 Å². The number of hydrogen-bond acceptors (Lipinski definition) is 7. The highest BCUT2D eigenvalue weighted by Crippen LogP contribution is 2.35. The van der Waals surface area contributed by atoms with Gasteiger partial charge in [0.1, 0.15) is 12.3 Å². The molecule has 9 nitrogen and oxygen atoms in total. The Bertz CT molecular complexity index is 1060. The van der Waals surface area contributed by atoms with E-state index in [-0.39, 0.29) is 5.75 Å². The van der Waals surface area contributed by atoms with Crippen molar-refractivity contribution >= 4 is 23.6 Å². The lowest BCUT2D eigenvalue weighted by Crippen LogP contribution is -2.33. The van der Waals surface area contributed by atoms with Crippen molar-refractivity contribution in [3.05, 3.63) is 54.1 Å². The fourth-order valence-electron chi connectivity index (χ4n) is 2.93. The first-order chi connectivity index (χ1) is 14.0. The van der Waals surface area contributed by atoms with Gasteiger partial charge >= 0.3 is 0 Å². The molecule has 3 heterocycles. The first-order valence-corrected chi connectivity index (χ1v) is 9.87. The van der Waals surface area contributed by atoms with Gasteiger partial charge in [0, 0.05) is 20.3 Å². The van der Waals surface area contributed by atoms with Crippen LogP contribution in [0.2, 0.25) is 0 Å². The van der Waals surface area contributed by atoms with Crippen LogP contribution in [0, 0.1) is 0 Å². The number of aromatic nitrogens is 4. The average molecular weight is 413 g/mol. The molecule has 0 spiro atoms. The third kappa shape index (κ3) is 3.97. The Labute approximate surface area is 171 Å². The minimum atomic E-state index is -0.437. The lowest BCUT2D eigenvalue weighted by Gasteiger charge is -2.25. The standard InChI is InChI=1S/C19H19N5O4S/c1-23-9-5-6-12(23)18(26)20-16(25)11-29-19-22-21-17(24(19)2)15-10-27-13-7-3-4-8-14(13)28-15/h3-9,15H,10-11H2,1-2H3,(H,20,25,26)/t15-/m0/s1. The summed E-state index contributed by atoms with van der Waals surface area (Å²) in [6.07, 6.45) is 1.34. The lowest BCUT2D eigenvalue weighted by atomic mass is 10.2. The van der Waals surface area contributed by atoms with Gasteiger partial charge in [-0.05, 0) is 24.3 Å². The van der Waals surface area contributed by atoms with Gasteiger partial charge < -0.3 is 18.6 Å². The molecular formula is C19H19N5O4S. The summed E-state index contributed by atoms with van der Waals surface area (Å²) in [5.74, 6) is 1.14. The lowest BCUT2D eigenvalue weighted by molar-refractivity contribution is -0.117. The summed E-state index contributed by atoms with van der Waals surface area (Å²) in [7, 11) is 3.54. The maximum absolute atomic E-state index is 12.1. The Morgan fingerprint density at radius 1 is 1.17 bits per heavy atom. The summed E-state index contributed by atoms with van der Waals surface area (Å²) in [4.78, 5) is 24.2. The Morgan fingerprint density at radius 3 is 2.72 bits per heavy atom. The molecule has 1 aromatic carbocycles. The molecule has 10 heteroatoms. The number of nitrogens with one attached hydrogen (secondary N) is 1. The normalized spacial score (nSPS) is 15.2. The molecule has 0 unspecified atom stereocenters. The third-order valence-corrected chi connectivity index (χ3v) is 5.45. The van der Waals surface area contributed by atoms with E-state index in [4.69, 9.17) is 9.47 Å². The predicted molar refractivity (Wildman–Crippen MR) is 105 cm³/mol. The molecule has 0 radical (unpaired) electrons. The fourth-order valence-corrected chi connectivity index (χ4v) is 3.65. The van der Waals surface area contributed by atoms with Gasteiger partial charge in [-0.25, -0.2) is 0 Å². The number of fused-ring (bicyclic) bond motifs is 1. The van der Waals surface area contributed by atoms with Crippen molar-refractivity contribution in [1.29, 1.82) is 0 Å². The number of nitrogens with zero attached hydrogens (tertiary/aromatic N) is 4. The smallest absolute Gasteiger partial charge is 0.274 e. The van der Waals surface area contributed by atoms with E-state index in [1.807, 2.05) is 24.3 Å². The van der Waals surface area contributed by atoms with Crippen LogP contribution >= 0.6 is 11.8 Å². The number of hydrogen-bond donors (Lipinski definition) is 1. The molecule has 0 saturated carbocycles. The molecule has 1 aliphatic heterocycles. The van der Waals surface area contributed by atoms with Crippen molar-refractivity contribution in [3.63, 3.8) is 0 Å². The molecule has 29 heavy (non-hydrogen) atoms. The summed E-state index contributed by atoms with van der Waals surface area (Å²) >= 11 is 1.19. The Kier molecular flexibility index (Phi) is 5.26. The van der Waals surface area contributed by atoms with Crippen molar-refractivity contribution in [2.24, 2.45) is 14.1 Å². The monoisotopic (exact) mass is 413 g/mol. The van der Waals surface area contributed by atoms with E-state index >= 15 is 0 Å². The molecule has 1 N–H and O–H groups in total. The Balaban J connectivity index is 1.36. The largest absolute Gasteiger partial charge is 0.485 e. The highest BCUT2D eigenvalue weighted by atomic mass is 32.2. The molecular weight excluding hydrogens is 394 g/mol. The number of aryl methyl sites for hydroxylation is 1. The summed E-state index contributed by atoms with van der Waals surface area (Å²) in [5, 5.41) is 11.2. The zero-order valence-corrected chi connectivity index (χ0v) is 16.7. The van der Waals surface area contributed by atoms with Crippen LogP contribution in [-0.4, -0.2) is 43.5 Å². The van der Waals surface area contributed by atoms with Gasteiger partial charge in [0.15, 0.2) is 28.6 Å². The topological polar surface area (TPSA) is 100 Å². The van der Waals surface area contributed by atoms with Gasteiger partial charge in [0.2, 0.25) is 5.91 Å². The zero-order chi connectivity index (χ0) is 20.4. The highest BCUT2D eigenvalue weighted by Gasteiger charge is 2.27. The first-order valence-electron chi connectivity index (χ1n) is 8.89. The molecule has 0 aliphatic carbocycles. The number of benzene rings is 1. The van der Waals surface area contributed by atoms with Crippen LogP contribution in [0.25, 0.3) is 0 Å². The second-order valence-corrected chi connectivity index (χ2v) is 7.38. The van der Waals surface area contributed by atoms with Gasteiger partial charge in [0.25, 0.3) is 5.91 Å². The van der Waals surface area contributed by atoms with E-state index in [1.54, 1.807) is 41.6 Å². The summed E-state index contributed by atoms with van der Waals surface area (Å²) in [6, 6.07) is 10.8. The van der Waals surface area contributed by atoms with E-state index in [0.29, 0.717) is 34.8 Å². The average Bonchev–Trinajstić information content (AvgIpc) is 3.31. The predicted octanol–water partition coefficient (Wildman–Crippen LogP) is 1.71. The van der Waals surface area contributed by atoms with E-state index < -0.39 is 17.9 Å². The van der Waals surface area contributed by atoms with Gasteiger partial charge in [-0.15, -0.1) is 10.2 Å². The number of para-hydroxylation sites is 2. The molecule has 2 amide bonds. The van der Waals surface area contributed by atoms with E-state index in [9.17, 15) is 9.59 Å². The van der Waals surface area contributed by atoms with Gasteiger partial charge in [0.05, 0.1) is 5.75 Å². The van der Waals surface area contributed by atoms with Crippen LogP contribution in [0.1, 0.15) is 22.4 Å². The van der Waals surface area contributed by atoms with Crippen LogP contribution in [0.3, 0.4) is 0 Å². The molecule has 4 rings (SSSR count). The first kappa shape index (κ1) is 19.1. The molecule has 0 bridgehead atoms.